The second-order valence-corrected chi connectivity index (χ2v) is 5.97. The number of rotatable bonds is 5. The summed E-state index contributed by atoms with van der Waals surface area (Å²) in [6.07, 6.45) is -4.27. The highest BCUT2D eigenvalue weighted by atomic mass is 19.4. The Morgan fingerprint density at radius 2 is 1.78 bits per heavy atom. The van der Waals surface area contributed by atoms with E-state index in [1.54, 1.807) is 51.1 Å². The van der Waals surface area contributed by atoms with E-state index < -0.39 is 29.1 Å². The van der Waals surface area contributed by atoms with Crippen LogP contribution in [0.5, 0.6) is 11.5 Å². The Morgan fingerprint density at radius 1 is 1.11 bits per heavy atom. The lowest BCUT2D eigenvalue weighted by molar-refractivity contribution is -0.139. The molecule has 0 spiro atoms. The van der Waals surface area contributed by atoms with Crippen molar-refractivity contribution < 1.29 is 27.4 Å². The van der Waals surface area contributed by atoms with Crippen molar-refractivity contribution in [2.45, 2.75) is 39.0 Å². The van der Waals surface area contributed by atoms with Crippen LogP contribution in [0.4, 0.5) is 13.2 Å². The lowest BCUT2D eigenvalue weighted by Crippen LogP contribution is -2.30. The summed E-state index contributed by atoms with van der Waals surface area (Å²) in [7, 11) is 0. The van der Waals surface area contributed by atoms with Gasteiger partial charge in [0.05, 0.1) is 11.1 Å². The van der Waals surface area contributed by atoms with Crippen molar-refractivity contribution in [2.24, 2.45) is 0 Å². The molecule has 3 nitrogen and oxygen atoms in total. The van der Waals surface area contributed by atoms with E-state index in [1.165, 1.54) is 0 Å². The van der Waals surface area contributed by atoms with Crippen molar-refractivity contribution in [1.29, 1.82) is 0 Å². The fraction of sp³-hybridized carbons (Fsp3) is 0.286. The van der Waals surface area contributed by atoms with Gasteiger partial charge in [0.15, 0.2) is 5.60 Å². The Labute approximate surface area is 156 Å². The summed E-state index contributed by atoms with van der Waals surface area (Å²) in [5.41, 5.74) is -2.14. The molecule has 0 saturated carbocycles. The van der Waals surface area contributed by atoms with Gasteiger partial charge in [-0.2, -0.15) is 13.2 Å². The van der Waals surface area contributed by atoms with Gasteiger partial charge in [-0.3, -0.25) is 0 Å². The quantitative estimate of drug-likeness (QED) is 0.393. The van der Waals surface area contributed by atoms with Crippen molar-refractivity contribution >= 4 is 5.97 Å². The lowest BCUT2D eigenvalue weighted by Gasteiger charge is -2.26. The van der Waals surface area contributed by atoms with Crippen LogP contribution < -0.4 is 9.47 Å². The van der Waals surface area contributed by atoms with E-state index in [2.05, 4.69) is 11.8 Å². The Kier molecular flexibility index (Phi) is 6.17. The fourth-order valence-corrected chi connectivity index (χ4v) is 2.32. The van der Waals surface area contributed by atoms with Crippen molar-refractivity contribution in [1.82, 2.24) is 0 Å². The molecular weight excluding hydrogens is 357 g/mol. The smallest absolute Gasteiger partial charge is 0.419 e. The first-order chi connectivity index (χ1) is 12.7. The SMILES string of the molecule is CC#CC(C)(CC)Oc1cc(C(=O)Oc2ccccc2)ccc1C(F)(F)F. The number of para-hydroxylation sites is 1. The topological polar surface area (TPSA) is 35.5 Å². The van der Waals surface area contributed by atoms with Crippen LogP contribution in [-0.4, -0.2) is 11.6 Å². The van der Waals surface area contributed by atoms with Crippen molar-refractivity contribution in [3.8, 4) is 23.3 Å². The highest BCUT2D eigenvalue weighted by molar-refractivity contribution is 5.91. The molecule has 0 radical (unpaired) electrons. The molecular formula is C21H19F3O3. The standard InChI is InChI=1S/C21H19F3O3/c1-4-13-20(3,5-2)27-18-14-15(11-12-17(18)21(22,23)24)19(25)26-16-9-7-6-8-10-16/h6-12,14H,5H2,1-3H3. The van der Waals surface area contributed by atoms with E-state index in [9.17, 15) is 18.0 Å². The Balaban J connectivity index is 2.41. The molecule has 0 N–H and O–H groups in total. The molecule has 1 unspecified atom stereocenters. The molecule has 0 heterocycles. The van der Waals surface area contributed by atoms with Crippen LogP contribution in [0.2, 0.25) is 0 Å². The molecule has 2 aromatic rings. The number of benzene rings is 2. The average molecular weight is 376 g/mol. The van der Waals surface area contributed by atoms with Gasteiger partial charge in [0.1, 0.15) is 11.5 Å². The zero-order chi connectivity index (χ0) is 20.1. The predicted molar refractivity (Wildman–Crippen MR) is 95.6 cm³/mol. The lowest BCUT2D eigenvalue weighted by atomic mass is 10.0. The average Bonchev–Trinajstić information content (AvgIpc) is 2.61. The first kappa shape index (κ1) is 20.4. The van der Waals surface area contributed by atoms with E-state index in [0.29, 0.717) is 12.2 Å². The molecule has 2 aromatic carbocycles. The molecule has 0 aromatic heterocycles. The van der Waals surface area contributed by atoms with Gasteiger partial charge in [0.25, 0.3) is 0 Å². The molecule has 2 rings (SSSR count). The number of alkyl halides is 3. The van der Waals surface area contributed by atoms with Crippen molar-refractivity contribution in [2.75, 3.05) is 0 Å². The van der Waals surface area contributed by atoms with Crippen LogP contribution in [0.15, 0.2) is 48.5 Å². The molecule has 6 heteroatoms. The maximum Gasteiger partial charge on any atom is 0.419 e. The maximum absolute atomic E-state index is 13.4. The third kappa shape index (κ3) is 5.27. The normalized spacial score (nSPS) is 13.1. The van der Waals surface area contributed by atoms with Crippen LogP contribution in [0, 0.1) is 11.8 Å². The van der Waals surface area contributed by atoms with Crippen LogP contribution in [0.3, 0.4) is 0 Å². The zero-order valence-electron chi connectivity index (χ0n) is 15.2. The molecule has 27 heavy (non-hydrogen) atoms. The molecule has 142 valence electrons. The number of hydrogen-bond acceptors (Lipinski definition) is 3. The summed E-state index contributed by atoms with van der Waals surface area (Å²) in [5.74, 6) is 4.48. The highest BCUT2D eigenvalue weighted by Crippen LogP contribution is 2.38. The molecule has 0 aliphatic carbocycles. The summed E-state index contributed by atoms with van der Waals surface area (Å²) in [6.45, 7) is 4.93. The minimum Gasteiger partial charge on any atom is -0.474 e. The number of carbonyl (C=O) groups excluding carboxylic acids is 1. The van der Waals surface area contributed by atoms with Crippen molar-refractivity contribution in [3.05, 3.63) is 59.7 Å². The van der Waals surface area contributed by atoms with E-state index in [0.717, 1.165) is 18.2 Å². The summed E-state index contributed by atoms with van der Waals surface area (Å²) in [5, 5.41) is 0. The summed E-state index contributed by atoms with van der Waals surface area (Å²) >= 11 is 0. The van der Waals surface area contributed by atoms with Gasteiger partial charge < -0.3 is 9.47 Å². The van der Waals surface area contributed by atoms with Crippen LogP contribution in [0.25, 0.3) is 0 Å². The Morgan fingerprint density at radius 3 is 2.33 bits per heavy atom. The molecule has 0 saturated heterocycles. The number of carbonyl (C=O) groups is 1. The molecule has 0 aliphatic heterocycles. The predicted octanol–water partition coefficient (Wildman–Crippen LogP) is 5.50. The van der Waals surface area contributed by atoms with Crippen molar-refractivity contribution in [3.63, 3.8) is 0 Å². The first-order valence-electron chi connectivity index (χ1n) is 8.30. The van der Waals surface area contributed by atoms with Gasteiger partial charge in [0, 0.05) is 0 Å². The second kappa shape index (κ2) is 8.17. The van der Waals surface area contributed by atoms with E-state index >= 15 is 0 Å². The third-order valence-electron chi connectivity index (χ3n) is 3.88. The highest BCUT2D eigenvalue weighted by Gasteiger charge is 2.36. The van der Waals surface area contributed by atoms with Gasteiger partial charge in [-0.15, -0.1) is 5.92 Å². The number of esters is 1. The third-order valence-corrected chi connectivity index (χ3v) is 3.88. The van der Waals surface area contributed by atoms with Gasteiger partial charge in [-0.25, -0.2) is 4.79 Å². The second-order valence-electron chi connectivity index (χ2n) is 5.97. The van der Waals surface area contributed by atoms with E-state index in [4.69, 9.17) is 9.47 Å². The minimum atomic E-state index is -4.63. The van der Waals surface area contributed by atoms with Crippen LogP contribution in [0.1, 0.15) is 43.1 Å². The Bertz CT molecular complexity index is 864. The van der Waals surface area contributed by atoms with Crippen LogP contribution in [-0.2, 0) is 6.18 Å². The number of hydrogen-bond donors (Lipinski definition) is 0. The van der Waals surface area contributed by atoms with E-state index in [1.807, 2.05) is 0 Å². The maximum atomic E-state index is 13.4. The Hall–Kier alpha value is -2.94. The summed E-state index contributed by atoms with van der Waals surface area (Å²) in [4.78, 5) is 12.3. The number of halogens is 3. The van der Waals surface area contributed by atoms with Gasteiger partial charge in [-0.1, -0.05) is 31.0 Å². The van der Waals surface area contributed by atoms with Crippen LogP contribution >= 0.6 is 0 Å². The number of ether oxygens (including phenoxy) is 2. The molecule has 1 atom stereocenters. The summed E-state index contributed by atoms with van der Waals surface area (Å²) < 4.78 is 50.9. The minimum absolute atomic E-state index is 0.0511. The fourth-order valence-electron chi connectivity index (χ4n) is 2.32. The van der Waals surface area contributed by atoms with Gasteiger partial charge in [0.2, 0.25) is 0 Å². The molecule has 0 bridgehead atoms. The monoisotopic (exact) mass is 376 g/mol. The summed E-state index contributed by atoms with van der Waals surface area (Å²) in [6, 6.07) is 11.2. The zero-order valence-corrected chi connectivity index (χ0v) is 15.2. The first-order valence-corrected chi connectivity index (χ1v) is 8.30. The van der Waals surface area contributed by atoms with E-state index in [-0.39, 0.29) is 5.56 Å². The molecule has 0 amide bonds. The molecule has 0 fully saturated rings. The molecule has 0 aliphatic rings. The van der Waals surface area contributed by atoms with Gasteiger partial charge in [-0.05, 0) is 50.6 Å². The van der Waals surface area contributed by atoms with Gasteiger partial charge >= 0.3 is 12.1 Å². The largest absolute Gasteiger partial charge is 0.474 e.